The topological polar surface area (TPSA) is 35.0 Å². The molecule has 2 bridgehead atoms. The summed E-state index contributed by atoms with van der Waals surface area (Å²) in [5.41, 5.74) is 1.72. The van der Waals surface area contributed by atoms with Crippen molar-refractivity contribution >= 4 is 0 Å². The van der Waals surface area contributed by atoms with Crippen molar-refractivity contribution in [3.05, 3.63) is 11.6 Å². The van der Waals surface area contributed by atoms with Crippen LogP contribution in [0.3, 0.4) is 0 Å². The van der Waals surface area contributed by atoms with Crippen molar-refractivity contribution in [2.45, 2.75) is 19.3 Å². The fraction of sp³-hybridized carbons (Fsp3) is 0.667. The number of fused-ring (bicyclic) bond motifs is 1. The van der Waals surface area contributed by atoms with Crippen molar-refractivity contribution in [2.75, 3.05) is 0 Å². The molecule has 1 heteroatoms. The fourth-order valence-electron chi connectivity index (χ4n) is 1.35. The van der Waals surface area contributed by atoms with E-state index in [1.165, 1.54) is 19.3 Å². The Labute approximate surface area is 44.0 Å². The molecule has 3 rings (SSSR count). The van der Waals surface area contributed by atoms with Crippen molar-refractivity contribution < 1.29 is 0 Å². The quantitative estimate of drug-likeness (QED) is 0.460. The van der Waals surface area contributed by atoms with E-state index in [9.17, 15) is 0 Å². The number of allylic oxidation sites excluding steroid dienone is 2. The van der Waals surface area contributed by atoms with Gasteiger partial charge in [-0.15, -0.1) is 0 Å². The monoisotopic (exact) mass is 97.1 g/mol. The first kappa shape index (κ1) is 4.85. The summed E-state index contributed by atoms with van der Waals surface area (Å²) in [4.78, 5) is 0. The first-order chi connectivity index (χ1) is 2.95. The van der Waals surface area contributed by atoms with Gasteiger partial charge in [0.05, 0.1) is 0 Å². The van der Waals surface area contributed by atoms with Crippen LogP contribution >= 0.6 is 0 Å². The molecule has 3 N–H and O–H groups in total. The maximum absolute atomic E-state index is 2.39. The molecule has 1 fully saturated rings. The van der Waals surface area contributed by atoms with Crippen LogP contribution in [0.15, 0.2) is 11.6 Å². The largest absolute Gasteiger partial charge is 0.344 e. The molecule has 0 aromatic carbocycles. The second-order valence-electron chi connectivity index (χ2n) is 2.37. The zero-order chi connectivity index (χ0) is 3.98. The van der Waals surface area contributed by atoms with Crippen LogP contribution in [0.2, 0.25) is 0 Å². The maximum atomic E-state index is 2.39. The molecule has 0 atom stereocenters. The highest BCUT2D eigenvalue weighted by atomic mass is 14.3. The zero-order valence-electron chi connectivity index (χ0n) is 4.48. The minimum Gasteiger partial charge on any atom is -0.344 e. The lowest BCUT2D eigenvalue weighted by atomic mass is 9.87. The predicted octanol–water partition coefficient (Wildman–Crippen LogP) is 1.89. The van der Waals surface area contributed by atoms with Crippen LogP contribution in [0.4, 0.5) is 0 Å². The molecule has 0 saturated heterocycles. The lowest BCUT2D eigenvalue weighted by Gasteiger charge is -2.17. The Bertz CT molecular complexity index is 94.0. The molecular weight excluding hydrogens is 86.1 g/mol. The Morgan fingerprint density at radius 1 is 1.43 bits per heavy atom. The van der Waals surface area contributed by atoms with E-state index in [1.807, 2.05) is 0 Å². The van der Waals surface area contributed by atoms with Crippen LogP contribution in [0.25, 0.3) is 0 Å². The van der Waals surface area contributed by atoms with Crippen LogP contribution in [0, 0.1) is 5.92 Å². The lowest BCUT2D eigenvalue weighted by Crippen LogP contribution is -2.04. The summed E-state index contributed by atoms with van der Waals surface area (Å²) in [6.45, 7) is 0. The molecule has 0 unspecified atom stereocenters. The van der Waals surface area contributed by atoms with E-state index in [4.69, 9.17) is 0 Å². The minimum absolute atomic E-state index is 0. The second kappa shape index (κ2) is 1.34. The van der Waals surface area contributed by atoms with E-state index in [2.05, 4.69) is 6.08 Å². The van der Waals surface area contributed by atoms with Gasteiger partial charge in [0, 0.05) is 0 Å². The van der Waals surface area contributed by atoms with E-state index in [0.717, 1.165) is 5.92 Å². The Morgan fingerprint density at radius 2 is 2.14 bits per heavy atom. The molecular formula is C6H11N. The zero-order valence-corrected chi connectivity index (χ0v) is 4.48. The molecule has 0 aromatic heterocycles. The number of hydrogen-bond donors (Lipinski definition) is 1. The molecule has 0 aromatic rings. The van der Waals surface area contributed by atoms with E-state index in [0.29, 0.717) is 0 Å². The summed E-state index contributed by atoms with van der Waals surface area (Å²) in [7, 11) is 0. The molecule has 0 heterocycles. The lowest BCUT2D eigenvalue weighted by molar-refractivity contribution is 0.474. The van der Waals surface area contributed by atoms with Gasteiger partial charge in [0.2, 0.25) is 0 Å². The predicted molar refractivity (Wildman–Crippen MR) is 30.4 cm³/mol. The first-order valence-corrected chi connectivity index (χ1v) is 2.63. The third-order valence-corrected chi connectivity index (χ3v) is 1.84. The average Bonchev–Trinajstić information content (AvgIpc) is 1.72. The number of hydrogen-bond acceptors (Lipinski definition) is 1. The normalized spacial score (nSPS) is 25.4. The fourth-order valence-corrected chi connectivity index (χ4v) is 1.35. The van der Waals surface area contributed by atoms with Crippen LogP contribution in [0.1, 0.15) is 19.3 Å². The van der Waals surface area contributed by atoms with E-state index < -0.39 is 0 Å². The van der Waals surface area contributed by atoms with Crippen molar-refractivity contribution in [3.8, 4) is 0 Å². The van der Waals surface area contributed by atoms with E-state index in [1.54, 1.807) is 5.57 Å². The highest BCUT2D eigenvalue weighted by Crippen LogP contribution is 2.42. The summed E-state index contributed by atoms with van der Waals surface area (Å²) in [5.74, 6) is 1.10. The Balaban J connectivity index is 0.000000245. The van der Waals surface area contributed by atoms with Gasteiger partial charge >= 0.3 is 0 Å². The van der Waals surface area contributed by atoms with Gasteiger partial charge in [0.15, 0.2) is 0 Å². The Hall–Kier alpha value is -0.300. The number of rotatable bonds is 0. The smallest absolute Gasteiger partial charge is 0.0286 e. The van der Waals surface area contributed by atoms with E-state index >= 15 is 0 Å². The minimum atomic E-state index is 0. The summed E-state index contributed by atoms with van der Waals surface area (Å²) >= 11 is 0. The Kier molecular flexibility index (Phi) is 0.927. The van der Waals surface area contributed by atoms with Gasteiger partial charge in [-0.3, -0.25) is 0 Å². The van der Waals surface area contributed by atoms with Crippen LogP contribution in [-0.4, -0.2) is 0 Å². The molecule has 0 spiro atoms. The molecule has 0 radical (unpaired) electrons. The van der Waals surface area contributed by atoms with Gasteiger partial charge in [-0.2, -0.15) is 0 Å². The Morgan fingerprint density at radius 3 is 2.29 bits per heavy atom. The van der Waals surface area contributed by atoms with Gasteiger partial charge < -0.3 is 6.15 Å². The molecule has 1 saturated carbocycles. The first-order valence-electron chi connectivity index (χ1n) is 2.63. The van der Waals surface area contributed by atoms with Gasteiger partial charge in [0.1, 0.15) is 0 Å². The summed E-state index contributed by atoms with van der Waals surface area (Å²) in [6.07, 6.45) is 6.68. The standard InChI is InChI=1S/C6H8.H3N/c1-2-6-3-5(1)4-6;/h1,6H,2-4H2;1H3. The molecule has 3 aliphatic carbocycles. The molecule has 3 aliphatic rings. The third-order valence-electron chi connectivity index (χ3n) is 1.84. The van der Waals surface area contributed by atoms with Gasteiger partial charge in [-0.05, 0) is 25.2 Å². The van der Waals surface area contributed by atoms with Gasteiger partial charge in [-0.1, -0.05) is 11.6 Å². The third kappa shape index (κ3) is 0.484. The van der Waals surface area contributed by atoms with Crippen LogP contribution < -0.4 is 6.15 Å². The van der Waals surface area contributed by atoms with Gasteiger partial charge in [0.25, 0.3) is 0 Å². The van der Waals surface area contributed by atoms with Crippen molar-refractivity contribution in [1.82, 2.24) is 6.15 Å². The molecule has 0 aliphatic heterocycles. The van der Waals surface area contributed by atoms with Crippen molar-refractivity contribution in [1.29, 1.82) is 0 Å². The van der Waals surface area contributed by atoms with Crippen LogP contribution in [0.5, 0.6) is 0 Å². The summed E-state index contributed by atoms with van der Waals surface area (Å²) in [6, 6.07) is 0. The highest BCUT2D eigenvalue weighted by Gasteiger charge is 2.27. The highest BCUT2D eigenvalue weighted by molar-refractivity contribution is 5.20. The van der Waals surface area contributed by atoms with Crippen LogP contribution in [-0.2, 0) is 0 Å². The van der Waals surface area contributed by atoms with E-state index in [-0.39, 0.29) is 6.15 Å². The van der Waals surface area contributed by atoms with Crippen molar-refractivity contribution in [3.63, 3.8) is 0 Å². The summed E-state index contributed by atoms with van der Waals surface area (Å²) in [5, 5.41) is 0. The molecule has 1 nitrogen and oxygen atoms in total. The second-order valence-corrected chi connectivity index (χ2v) is 2.37. The molecule has 40 valence electrons. The molecule has 7 heavy (non-hydrogen) atoms. The maximum Gasteiger partial charge on any atom is -0.0286 e. The molecule has 0 amide bonds. The summed E-state index contributed by atoms with van der Waals surface area (Å²) < 4.78 is 0. The average molecular weight is 97.2 g/mol. The van der Waals surface area contributed by atoms with Gasteiger partial charge in [-0.25, -0.2) is 0 Å². The van der Waals surface area contributed by atoms with Crippen molar-refractivity contribution in [2.24, 2.45) is 5.92 Å². The SMILES string of the molecule is C1=C2CC(C1)C2.N.